The molecule has 0 bridgehead atoms. The van der Waals surface area contributed by atoms with Crippen molar-refractivity contribution < 1.29 is 19.1 Å². The van der Waals surface area contributed by atoms with E-state index in [4.69, 9.17) is 4.74 Å². The first-order valence-corrected chi connectivity index (χ1v) is 8.71. The molecule has 26 heavy (non-hydrogen) atoms. The van der Waals surface area contributed by atoms with E-state index in [1.54, 1.807) is 36.1 Å². The topological polar surface area (TPSA) is 63.7 Å². The zero-order valence-corrected chi connectivity index (χ0v) is 14.7. The van der Waals surface area contributed by atoms with Gasteiger partial charge < -0.3 is 14.4 Å². The van der Waals surface area contributed by atoms with Gasteiger partial charge in [0, 0.05) is 24.1 Å². The molecule has 5 heteroatoms. The number of ether oxygens (including phenoxy) is 1. The Balaban J connectivity index is 2.14. The van der Waals surface area contributed by atoms with Crippen molar-refractivity contribution in [2.24, 2.45) is 0 Å². The van der Waals surface area contributed by atoms with Gasteiger partial charge in [-0.05, 0) is 25.0 Å². The molecule has 1 aliphatic heterocycles. The molecule has 0 N–H and O–H groups in total. The zero-order valence-electron chi connectivity index (χ0n) is 14.7. The van der Waals surface area contributed by atoms with Crippen LogP contribution >= 0.6 is 0 Å². The Morgan fingerprint density at radius 2 is 1.81 bits per heavy atom. The van der Waals surface area contributed by atoms with Gasteiger partial charge >= 0.3 is 5.97 Å². The summed E-state index contributed by atoms with van der Waals surface area (Å²) >= 11 is 0. The van der Waals surface area contributed by atoms with Crippen LogP contribution in [0, 0.1) is 0 Å². The van der Waals surface area contributed by atoms with E-state index in [1.807, 2.05) is 30.3 Å². The summed E-state index contributed by atoms with van der Waals surface area (Å²) in [4.78, 5) is 38.8. The van der Waals surface area contributed by atoms with Gasteiger partial charge in [-0.15, -0.1) is 0 Å². The van der Waals surface area contributed by atoms with Crippen LogP contribution < -0.4 is 0 Å². The van der Waals surface area contributed by atoms with Crippen molar-refractivity contribution in [3.8, 4) is 0 Å². The van der Waals surface area contributed by atoms with Gasteiger partial charge in [0.1, 0.15) is 6.29 Å². The predicted molar refractivity (Wildman–Crippen MR) is 96.4 cm³/mol. The Morgan fingerprint density at radius 1 is 1.12 bits per heavy atom. The molecule has 1 atom stereocenters. The first-order chi connectivity index (χ1) is 12.6. The number of benzene rings is 2. The second-order valence-electron chi connectivity index (χ2n) is 6.21. The molecule has 5 nitrogen and oxygen atoms in total. The summed E-state index contributed by atoms with van der Waals surface area (Å²) in [6, 6.07) is 16.6. The Bertz CT molecular complexity index is 818. The van der Waals surface area contributed by atoms with E-state index in [-0.39, 0.29) is 31.9 Å². The van der Waals surface area contributed by atoms with E-state index in [0.717, 1.165) is 11.8 Å². The summed E-state index contributed by atoms with van der Waals surface area (Å²) in [6.45, 7) is 2.21. The maximum absolute atomic E-state index is 13.1. The largest absolute Gasteiger partial charge is 0.464 e. The van der Waals surface area contributed by atoms with Crippen molar-refractivity contribution in [1.29, 1.82) is 0 Å². The van der Waals surface area contributed by atoms with Crippen molar-refractivity contribution in [3.05, 3.63) is 71.3 Å². The molecule has 1 unspecified atom stereocenters. The minimum Gasteiger partial charge on any atom is -0.464 e. The Labute approximate surface area is 152 Å². The number of hydrogen-bond donors (Lipinski definition) is 0. The molecule has 0 radical (unpaired) electrons. The highest BCUT2D eigenvalue weighted by atomic mass is 16.5. The normalized spacial score (nSPS) is 18.5. The van der Waals surface area contributed by atoms with Gasteiger partial charge in [-0.25, -0.2) is 4.79 Å². The van der Waals surface area contributed by atoms with E-state index < -0.39 is 11.5 Å². The van der Waals surface area contributed by atoms with E-state index in [2.05, 4.69) is 0 Å². The maximum Gasteiger partial charge on any atom is 0.336 e. The fourth-order valence-corrected chi connectivity index (χ4v) is 3.58. The Hall–Kier alpha value is -2.95. The van der Waals surface area contributed by atoms with Gasteiger partial charge in [-0.1, -0.05) is 48.5 Å². The number of carbonyl (C=O) groups excluding carboxylic acids is 3. The van der Waals surface area contributed by atoms with Crippen LogP contribution in [-0.4, -0.2) is 29.7 Å². The third-order valence-corrected chi connectivity index (χ3v) is 4.73. The van der Waals surface area contributed by atoms with E-state index in [0.29, 0.717) is 11.1 Å². The summed E-state index contributed by atoms with van der Waals surface area (Å²) in [5.41, 5.74) is 0.734. The minimum atomic E-state index is -1.28. The molecule has 0 saturated carbocycles. The standard InChI is InChI=1S/C21H21NO4/c1-2-26-20(25)21(13-8-14-23)18-12-7-6-11-17(18)19(24)22(21)15-16-9-4-3-5-10-16/h3-7,9-12,14H,2,8,13,15H2,1H3. The summed E-state index contributed by atoms with van der Waals surface area (Å²) in [7, 11) is 0. The number of rotatable bonds is 7. The third kappa shape index (κ3) is 2.90. The van der Waals surface area contributed by atoms with Crippen LogP contribution in [-0.2, 0) is 26.4 Å². The van der Waals surface area contributed by atoms with Gasteiger partial charge in [-0.3, -0.25) is 4.79 Å². The molecule has 0 fully saturated rings. The molecule has 0 aromatic heterocycles. The summed E-state index contributed by atoms with van der Waals surface area (Å²) < 4.78 is 5.35. The lowest BCUT2D eigenvalue weighted by molar-refractivity contribution is -0.157. The van der Waals surface area contributed by atoms with Crippen LogP contribution in [0.4, 0.5) is 0 Å². The van der Waals surface area contributed by atoms with Crippen molar-refractivity contribution >= 4 is 18.2 Å². The lowest BCUT2D eigenvalue weighted by Crippen LogP contribution is -2.50. The van der Waals surface area contributed by atoms with Crippen LogP contribution in [0.1, 0.15) is 41.3 Å². The molecule has 0 spiro atoms. The number of nitrogens with zero attached hydrogens (tertiary/aromatic N) is 1. The molecular weight excluding hydrogens is 330 g/mol. The highest BCUT2D eigenvalue weighted by Crippen LogP contribution is 2.44. The van der Waals surface area contributed by atoms with Gasteiger partial charge in [-0.2, -0.15) is 0 Å². The van der Waals surface area contributed by atoms with Gasteiger partial charge in [0.15, 0.2) is 5.54 Å². The molecule has 1 aliphatic rings. The van der Waals surface area contributed by atoms with Crippen LogP contribution in [0.25, 0.3) is 0 Å². The van der Waals surface area contributed by atoms with E-state index >= 15 is 0 Å². The van der Waals surface area contributed by atoms with Gasteiger partial charge in [0.25, 0.3) is 5.91 Å². The molecule has 134 valence electrons. The predicted octanol–water partition coefficient (Wildman–Crippen LogP) is 3.08. The molecule has 1 amide bonds. The second-order valence-corrected chi connectivity index (χ2v) is 6.21. The number of fused-ring (bicyclic) bond motifs is 1. The van der Waals surface area contributed by atoms with E-state index in [1.165, 1.54) is 0 Å². The Kier molecular flexibility index (Phi) is 5.16. The number of esters is 1. The number of amides is 1. The first-order valence-electron chi connectivity index (χ1n) is 8.71. The lowest BCUT2D eigenvalue weighted by atomic mass is 9.85. The Morgan fingerprint density at radius 3 is 2.50 bits per heavy atom. The van der Waals surface area contributed by atoms with Crippen molar-refractivity contribution in [1.82, 2.24) is 4.90 Å². The van der Waals surface area contributed by atoms with Crippen LogP contribution in [0.2, 0.25) is 0 Å². The summed E-state index contributed by atoms with van der Waals surface area (Å²) in [5, 5.41) is 0. The summed E-state index contributed by atoms with van der Waals surface area (Å²) in [5.74, 6) is -0.709. The van der Waals surface area contributed by atoms with Crippen molar-refractivity contribution in [3.63, 3.8) is 0 Å². The average Bonchev–Trinajstić information content (AvgIpc) is 2.91. The third-order valence-electron chi connectivity index (χ3n) is 4.73. The van der Waals surface area contributed by atoms with Gasteiger partial charge in [0.2, 0.25) is 0 Å². The molecule has 0 saturated heterocycles. The highest BCUT2D eigenvalue weighted by Gasteiger charge is 2.55. The maximum atomic E-state index is 13.1. The average molecular weight is 351 g/mol. The SMILES string of the molecule is CCOC(=O)C1(CCC=O)c2ccccc2C(=O)N1Cc1ccccc1. The smallest absolute Gasteiger partial charge is 0.336 e. The number of hydrogen-bond acceptors (Lipinski definition) is 4. The molecule has 2 aromatic carbocycles. The molecular formula is C21H21NO4. The van der Waals surface area contributed by atoms with Crippen LogP contribution in [0.5, 0.6) is 0 Å². The minimum absolute atomic E-state index is 0.158. The zero-order chi connectivity index (χ0) is 18.6. The number of carbonyl (C=O) groups is 3. The van der Waals surface area contributed by atoms with Crippen LogP contribution in [0.3, 0.4) is 0 Å². The van der Waals surface area contributed by atoms with Gasteiger partial charge in [0.05, 0.1) is 6.61 Å². The summed E-state index contributed by atoms with van der Waals surface area (Å²) in [6.07, 6.45) is 1.13. The highest BCUT2D eigenvalue weighted by molar-refractivity contribution is 6.06. The van der Waals surface area contributed by atoms with Crippen molar-refractivity contribution in [2.45, 2.75) is 31.8 Å². The molecule has 1 heterocycles. The van der Waals surface area contributed by atoms with E-state index in [9.17, 15) is 14.4 Å². The fraction of sp³-hybridized carbons (Fsp3) is 0.286. The number of aldehydes is 1. The fourth-order valence-electron chi connectivity index (χ4n) is 3.58. The second kappa shape index (κ2) is 7.52. The lowest BCUT2D eigenvalue weighted by Gasteiger charge is -2.36. The quantitative estimate of drug-likeness (QED) is 0.568. The molecule has 2 aromatic rings. The van der Waals surface area contributed by atoms with Crippen molar-refractivity contribution in [2.75, 3.05) is 6.61 Å². The van der Waals surface area contributed by atoms with Crippen LogP contribution in [0.15, 0.2) is 54.6 Å². The molecule has 0 aliphatic carbocycles. The monoisotopic (exact) mass is 351 g/mol. The molecule has 3 rings (SSSR count). The first kappa shape index (κ1) is 17.9.